The molecule has 3 N–H and O–H groups in total. The number of methoxy groups -OCH3 is 1. The standard InChI is InChI=1S/C34H51N3O5S3.C32H46N2O4S3.C28H46N2O4S3/c1-4-6-7-8-9-10-11-12-13-14-15-16-17-18-19-20-21-22-23-24-26-36-44(38,39)33-29-31-32(35-5-2)30-37(27-25-28-42-3)45(40,41)34(31)43-33;1-4-6-7-8-9-10-11-12-13-14-15-16-17-18-19-20-21-22-23-24-25-34-41(37,38)31-27-29-30(33-5-2)26-28(3)40(35,36)32(29)39-31;1-4-6-7-8-9-10-11-12-13-14-15-16-17-18-19-20-21-30-37(33,34)27-23-25-26(29-5-2)22-24(3)36(31,32)28(25)35-27/h6-7,9-10,12-13,15-16,18-19,21-22,26,29,32,35H,4-5,8,11,14,17,20,23-25,27-28,30H2,1-3H3;6-7,9-10,12-13,15-16,18-19,21-22,25,27-28,30,33H,4-5,8,11,14,17,20,23-24,26H2,1-3H3;9-10,12-13,21,23-24,26,29H,4-8,11,14-20,22H2,1-3H3/b7-6-,10-9-,13-12-,16-15-,19-18-,22-21-,36-26?;7-6-,10-9-,13-12-,16-15-,19-18-,22-21-,34-25?;10-9+,13-12+,30-21?/t32-;28-,30-;24-,26-/m000/s1. The van der Waals surface area contributed by atoms with Gasteiger partial charge < -0.3 is 20.7 Å². The van der Waals surface area contributed by atoms with E-state index in [4.69, 9.17) is 4.74 Å². The monoisotopic (exact) mass is 1870 g/mol. The maximum absolute atomic E-state index is 13.3. The van der Waals surface area contributed by atoms with Crippen LogP contribution in [0.25, 0.3) is 0 Å². The number of nitrogens with one attached hydrogen (secondary N) is 3. The molecule has 0 fully saturated rings. The number of rotatable bonds is 58. The highest BCUT2D eigenvalue weighted by atomic mass is 32.3. The zero-order chi connectivity index (χ0) is 89.9. The first-order valence-corrected chi connectivity index (χ1v) is 55.6. The highest BCUT2D eigenvalue weighted by Crippen LogP contribution is 2.46. The molecule has 29 heteroatoms. The van der Waals surface area contributed by atoms with Crippen molar-refractivity contribution in [1.82, 2.24) is 20.3 Å². The van der Waals surface area contributed by atoms with Crippen LogP contribution >= 0.6 is 34.0 Å². The number of sulfonamides is 4. The van der Waals surface area contributed by atoms with Crippen LogP contribution in [0.3, 0.4) is 0 Å². The summed E-state index contributed by atoms with van der Waals surface area (Å²) in [6.45, 7) is 18.7. The maximum Gasteiger partial charge on any atom is 0.291 e. The second-order valence-electron chi connectivity index (χ2n) is 29.9. The third-order valence-corrected chi connectivity index (χ3v) is 36.3. The fourth-order valence-corrected chi connectivity index (χ4v) is 27.7. The third kappa shape index (κ3) is 41.7. The Bertz CT molecular complexity index is 4810. The number of hydrogen-bond acceptors (Lipinski definition) is 19. The van der Waals surface area contributed by atoms with E-state index in [1.165, 1.54) is 79.7 Å². The van der Waals surface area contributed by atoms with Gasteiger partial charge >= 0.3 is 0 Å². The van der Waals surface area contributed by atoms with Crippen LogP contribution in [-0.4, -0.2) is 130 Å². The summed E-state index contributed by atoms with van der Waals surface area (Å²) in [6, 6.07) is 3.83. The maximum atomic E-state index is 13.3. The van der Waals surface area contributed by atoms with Gasteiger partial charge in [-0.25, -0.2) is 25.3 Å². The number of nitrogens with zero attached hydrogens (tertiary/aromatic N) is 4. The molecule has 0 spiro atoms. The SMILES string of the molecule is CC/C=C\C/C=C\C/C=C\C/C=C\C/C=C\C/C=C\CCC=NS(=O)(=O)c1cc2c(s1)S(=O)(=O)N(CCCOC)C[C@@H]2NCC.CC/C=C\C/C=C\C/C=C\C/C=C\C/C=C\C/C=C\CCC=NS(=O)(=O)c1cc2c(s1)S(=O)(=O)[C@@H](C)C[C@@H]2NCC.CCCCC/C=C/C/C=C/CCCCCCCC=NS(=O)(=O)c1cc2c(s1)S(=O)(=O)[C@@H](C)C[C@@H]2NCC. The molecule has 0 amide bonds. The van der Waals surface area contributed by atoms with E-state index < -0.39 is 70.3 Å². The lowest BCUT2D eigenvalue weighted by atomic mass is 10.1. The van der Waals surface area contributed by atoms with Gasteiger partial charge in [-0.1, -0.05) is 244 Å². The summed E-state index contributed by atoms with van der Waals surface area (Å²) in [7, 11) is -21.1. The largest absolute Gasteiger partial charge is 0.385 e. The topological polar surface area (TPSA) is 290 Å². The van der Waals surface area contributed by atoms with Gasteiger partial charge in [0.2, 0.25) is 0 Å². The van der Waals surface area contributed by atoms with Crippen molar-refractivity contribution in [2.24, 2.45) is 13.2 Å². The van der Waals surface area contributed by atoms with Crippen LogP contribution in [0.1, 0.15) is 289 Å². The summed E-state index contributed by atoms with van der Waals surface area (Å²) in [5.41, 5.74) is 1.60. The van der Waals surface area contributed by atoms with Crippen LogP contribution in [-0.2, 0) is 64.5 Å². The lowest BCUT2D eigenvalue weighted by Crippen LogP contribution is -2.43. The number of thiophene rings is 3. The molecule has 123 heavy (non-hydrogen) atoms. The zero-order valence-electron chi connectivity index (χ0n) is 74.4. The van der Waals surface area contributed by atoms with Crippen molar-refractivity contribution in [2.75, 3.05) is 46.4 Å². The molecule has 6 rings (SSSR count). The van der Waals surface area contributed by atoms with Crippen LogP contribution in [0.15, 0.2) is 227 Å². The van der Waals surface area contributed by atoms with Crippen LogP contribution in [0.2, 0.25) is 0 Å². The van der Waals surface area contributed by atoms with E-state index in [0.29, 0.717) is 101 Å². The predicted octanol–water partition coefficient (Wildman–Crippen LogP) is 23.4. The lowest BCUT2D eigenvalue weighted by Gasteiger charge is -2.32. The van der Waals surface area contributed by atoms with Gasteiger partial charge in [-0.15, -0.1) is 34.0 Å². The molecule has 3 aromatic heterocycles. The third-order valence-electron chi connectivity index (χ3n) is 19.8. The summed E-state index contributed by atoms with van der Waals surface area (Å²) in [4.78, 5) is 0. The fourth-order valence-electron chi connectivity index (χ4n) is 13.1. The highest BCUT2D eigenvalue weighted by Gasteiger charge is 2.43. The summed E-state index contributed by atoms with van der Waals surface area (Å²) in [6.07, 6.45) is 93.2. The minimum atomic E-state index is -4.00. The first kappa shape index (κ1) is 109. The molecule has 0 unspecified atom stereocenters. The summed E-state index contributed by atoms with van der Waals surface area (Å²) in [5, 5.41) is 8.74. The van der Waals surface area contributed by atoms with Crippen LogP contribution in [0.5, 0.6) is 0 Å². The van der Waals surface area contributed by atoms with Gasteiger partial charge in [-0.05, 0) is 219 Å². The van der Waals surface area contributed by atoms with Gasteiger partial charge in [0.15, 0.2) is 19.7 Å². The number of hydrogen-bond donors (Lipinski definition) is 3. The number of allylic oxidation sites excluding steroid dienone is 28. The quantitative estimate of drug-likeness (QED) is 0.0269. The van der Waals surface area contributed by atoms with E-state index in [1.54, 1.807) is 21.0 Å². The van der Waals surface area contributed by atoms with Gasteiger partial charge in [-0.3, -0.25) is 0 Å². The number of sulfone groups is 2. The number of fused-ring (bicyclic) bond motifs is 3. The van der Waals surface area contributed by atoms with Crippen molar-refractivity contribution < 1.29 is 55.2 Å². The molecule has 0 bridgehead atoms. The van der Waals surface area contributed by atoms with E-state index in [0.717, 1.165) is 143 Å². The molecule has 0 saturated heterocycles. The van der Waals surface area contributed by atoms with Crippen molar-refractivity contribution in [3.05, 3.63) is 205 Å². The van der Waals surface area contributed by atoms with Crippen molar-refractivity contribution in [3.63, 3.8) is 0 Å². The summed E-state index contributed by atoms with van der Waals surface area (Å²) >= 11 is 2.42. The number of likely N-dealkylation sites (N-methyl/N-ethyl adjacent to an activating group) is 1. The minimum Gasteiger partial charge on any atom is -0.385 e. The van der Waals surface area contributed by atoms with E-state index in [-0.39, 0.29) is 49.9 Å². The highest BCUT2D eigenvalue weighted by molar-refractivity contribution is 7.97. The van der Waals surface area contributed by atoms with Crippen molar-refractivity contribution in [3.8, 4) is 0 Å². The van der Waals surface area contributed by atoms with E-state index in [9.17, 15) is 50.5 Å². The Morgan fingerprint density at radius 3 is 1.01 bits per heavy atom. The molecule has 3 aromatic rings. The van der Waals surface area contributed by atoms with Gasteiger partial charge in [-0.2, -0.15) is 42.8 Å². The number of ether oxygens (including phenoxy) is 1. The van der Waals surface area contributed by atoms with Gasteiger partial charge in [0.05, 0.1) is 10.5 Å². The van der Waals surface area contributed by atoms with E-state index in [1.807, 2.05) is 39.0 Å². The Balaban J connectivity index is 0.000000389. The smallest absolute Gasteiger partial charge is 0.291 e. The average Bonchev–Trinajstić information content (AvgIpc) is 1.64. The zero-order valence-corrected chi connectivity index (χ0v) is 81.8. The average molecular weight is 1870 g/mol. The fraction of sp³-hybridized carbons (Fsp3) is 0.543. The normalized spacial score (nSPS) is 19.2. The van der Waals surface area contributed by atoms with Crippen molar-refractivity contribution in [2.45, 2.75) is 308 Å². The van der Waals surface area contributed by atoms with Crippen LogP contribution in [0, 0.1) is 0 Å². The molecule has 0 aliphatic carbocycles. The van der Waals surface area contributed by atoms with Crippen LogP contribution < -0.4 is 16.0 Å². The molecule has 0 aromatic carbocycles. The Hall–Kier alpha value is -6.03. The van der Waals surface area contributed by atoms with Gasteiger partial charge in [0.1, 0.15) is 25.3 Å². The first-order chi connectivity index (χ1) is 59.2. The second kappa shape index (κ2) is 63.0. The Morgan fingerprint density at radius 2 is 0.667 bits per heavy atom. The Morgan fingerprint density at radius 1 is 0.374 bits per heavy atom. The Labute approximate surface area is 754 Å². The van der Waals surface area contributed by atoms with E-state index in [2.05, 4.69) is 202 Å². The van der Waals surface area contributed by atoms with Crippen molar-refractivity contribution in [1.29, 1.82) is 0 Å². The molecule has 686 valence electrons. The summed E-state index contributed by atoms with van der Waals surface area (Å²) in [5.74, 6) is 0. The molecule has 3 aliphatic heterocycles. The van der Waals surface area contributed by atoms with Gasteiger partial charge in [0.25, 0.3) is 40.1 Å². The summed E-state index contributed by atoms with van der Waals surface area (Å²) < 4.78 is 173. The molecule has 6 heterocycles. The molecule has 3 aliphatic rings. The molecular weight excluding hydrogens is 1720 g/mol. The van der Waals surface area contributed by atoms with E-state index >= 15 is 0 Å². The minimum absolute atomic E-state index is 0.00867. The predicted molar refractivity (Wildman–Crippen MR) is 521 cm³/mol. The second-order valence-corrected chi connectivity index (χ2v) is 45.9. The molecule has 0 saturated carbocycles. The molecule has 20 nitrogen and oxygen atoms in total. The Kier molecular flexibility index (Phi) is 56.0. The molecular formula is C94H143N7O13S9. The number of unbranched alkanes of at least 4 members (excludes halogenated alkanes) is 11. The molecule has 5 atom stereocenters. The molecule has 0 radical (unpaired) electrons. The van der Waals surface area contributed by atoms with Gasteiger partial charge in [0, 0.05) is 80.3 Å². The van der Waals surface area contributed by atoms with Crippen molar-refractivity contribution >= 4 is 112 Å². The first-order valence-electron chi connectivity index (χ1n) is 44.3. The van der Waals surface area contributed by atoms with Crippen LogP contribution in [0.4, 0.5) is 0 Å². The lowest BCUT2D eigenvalue weighted by molar-refractivity contribution is 0.185.